The molecule has 0 radical (unpaired) electrons. The molecule has 0 bridgehead atoms. The predicted molar refractivity (Wildman–Crippen MR) is 116 cm³/mol. The molecule has 166 valence electrons. The minimum atomic E-state index is -0.154. The summed E-state index contributed by atoms with van der Waals surface area (Å²) in [6.07, 6.45) is 6.60. The lowest BCUT2D eigenvalue weighted by atomic mass is 9.80. The molecule has 2 aliphatic heterocycles. The lowest BCUT2D eigenvalue weighted by Gasteiger charge is -2.33. The molecule has 1 aromatic carbocycles. The van der Waals surface area contributed by atoms with Gasteiger partial charge in [-0.2, -0.15) is 0 Å². The van der Waals surface area contributed by atoms with E-state index >= 15 is 0 Å². The molecule has 4 unspecified atom stereocenters. The van der Waals surface area contributed by atoms with E-state index in [2.05, 4.69) is 21.1 Å². The van der Waals surface area contributed by atoms with Gasteiger partial charge in [0.15, 0.2) is 0 Å². The quantitative estimate of drug-likeness (QED) is 0.538. The molecule has 7 heteroatoms. The zero-order valence-electron chi connectivity index (χ0n) is 18.0. The van der Waals surface area contributed by atoms with Crippen molar-refractivity contribution in [2.24, 2.45) is 11.8 Å². The van der Waals surface area contributed by atoms with Crippen LogP contribution in [0.3, 0.4) is 0 Å². The number of amides is 1. The summed E-state index contributed by atoms with van der Waals surface area (Å²) in [5, 5.41) is 12.6. The van der Waals surface area contributed by atoms with Crippen LogP contribution in [0.4, 0.5) is 0 Å². The Hall–Kier alpha value is -1.67. The van der Waals surface area contributed by atoms with Gasteiger partial charge in [0.25, 0.3) is 0 Å². The number of hydrazine groups is 1. The van der Waals surface area contributed by atoms with E-state index in [9.17, 15) is 9.90 Å². The van der Waals surface area contributed by atoms with E-state index in [1.54, 1.807) is 19.2 Å². The highest BCUT2D eigenvalue weighted by Crippen LogP contribution is 2.31. The standard InChI is InChI=1S/C23H36N4O3/c1-30-19-6-7-21-20(14-19)22(26-25-21)23(29)24-15-17-9-12-27(13-10-17)11-8-16-2-4-18(28)5-3-16/h2-5,17,19-22,25-26,28H,6-15H2,1H3,(H,24,29). The van der Waals surface area contributed by atoms with Crippen LogP contribution in [0.2, 0.25) is 0 Å². The number of benzene rings is 1. The number of fused-ring (bicyclic) bond motifs is 1. The molecule has 4 atom stereocenters. The molecule has 1 aliphatic carbocycles. The molecule has 30 heavy (non-hydrogen) atoms. The number of nitrogens with one attached hydrogen (secondary N) is 3. The highest BCUT2D eigenvalue weighted by atomic mass is 16.5. The fraction of sp³-hybridized carbons (Fsp3) is 0.696. The Kier molecular flexibility index (Phi) is 7.25. The zero-order valence-corrected chi connectivity index (χ0v) is 18.0. The first-order valence-electron chi connectivity index (χ1n) is 11.4. The minimum Gasteiger partial charge on any atom is -0.508 e. The number of carbonyl (C=O) groups excluding carboxylic acids is 1. The molecule has 4 N–H and O–H groups in total. The van der Waals surface area contributed by atoms with Crippen LogP contribution in [0, 0.1) is 11.8 Å². The molecule has 2 heterocycles. The van der Waals surface area contributed by atoms with Gasteiger partial charge in [-0.1, -0.05) is 12.1 Å². The lowest BCUT2D eigenvalue weighted by Crippen LogP contribution is -2.48. The van der Waals surface area contributed by atoms with Crippen molar-refractivity contribution in [1.82, 2.24) is 21.1 Å². The van der Waals surface area contributed by atoms with E-state index in [1.165, 1.54) is 5.56 Å². The van der Waals surface area contributed by atoms with Gasteiger partial charge >= 0.3 is 0 Å². The fourth-order valence-corrected chi connectivity index (χ4v) is 5.21. The van der Waals surface area contributed by atoms with Gasteiger partial charge in [-0.15, -0.1) is 0 Å². The summed E-state index contributed by atoms with van der Waals surface area (Å²) in [5.74, 6) is 1.32. The Labute approximate surface area is 179 Å². The van der Waals surface area contributed by atoms with Crippen LogP contribution in [0.5, 0.6) is 5.75 Å². The Morgan fingerprint density at radius 1 is 1.17 bits per heavy atom. The Balaban J connectivity index is 1.16. The maximum atomic E-state index is 12.8. The molecule has 2 saturated heterocycles. The number of phenols is 1. The van der Waals surface area contributed by atoms with Crippen molar-refractivity contribution < 1.29 is 14.6 Å². The summed E-state index contributed by atoms with van der Waals surface area (Å²) in [7, 11) is 1.77. The first kappa shape index (κ1) is 21.6. The van der Waals surface area contributed by atoms with Gasteiger partial charge in [-0.3, -0.25) is 10.2 Å². The molecule has 3 aliphatic rings. The molecule has 4 rings (SSSR count). The van der Waals surface area contributed by atoms with E-state index in [4.69, 9.17) is 4.74 Å². The zero-order chi connectivity index (χ0) is 20.9. The molecular weight excluding hydrogens is 380 g/mol. The van der Waals surface area contributed by atoms with Gasteiger partial charge in [0, 0.05) is 32.2 Å². The van der Waals surface area contributed by atoms with Crippen molar-refractivity contribution in [3.63, 3.8) is 0 Å². The maximum absolute atomic E-state index is 12.8. The molecule has 3 fully saturated rings. The molecule has 7 nitrogen and oxygen atoms in total. The third-order valence-corrected chi connectivity index (χ3v) is 7.24. The Morgan fingerprint density at radius 2 is 1.93 bits per heavy atom. The number of aromatic hydroxyl groups is 1. The van der Waals surface area contributed by atoms with Crippen molar-refractivity contribution in [3.05, 3.63) is 29.8 Å². The Morgan fingerprint density at radius 3 is 2.67 bits per heavy atom. The van der Waals surface area contributed by atoms with Gasteiger partial charge < -0.3 is 20.1 Å². The number of nitrogens with zero attached hydrogens (tertiary/aromatic N) is 1. The van der Waals surface area contributed by atoms with E-state index in [-0.39, 0.29) is 18.1 Å². The topological polar surface area (TPSA) is 85.9 Å². The maximum Gasteiger partial charge on any atom is 0.238 e. The van der Waals surface area contributed by atoms with Crippen LogP contribution in [0.1, 0.15) is 37.7 Å². The van der Waals surface area contributed by atoms with Crippen LogP contribution in [-0.2, 0) is 16.0 Å². The van der Waals surface area contributed by atoms with Crippen molar-refractivity contribution in [2.45, 2.75) is 56.7 Å². The summed E-state index contributed by atoms with van der Waals surface area (Å²) < 4.78 is 5.54. The van der Waals surface area contributed by atoms with Crippen molar-refractivity contribution in [2.75, 3.05) is 33.3 Å². The first-order chi connectivity index (χ1) is 14.6. The van der Waals surface area contributed by atoms with E-state index in [0.29, 0.717) is 23.6 Å². The largest absolute Gasteiger partial charge is 0.508 e. The van der Waals surface area contributed by atoms with Crippen LogP contribution in [0.15, 0.2) is 24.3 Å². The second-order valence-electron chi connectivity index (χ2n) is 9.15. The fourth-order valence-electron chi connectivity index (χ4n) is 5.21. The van der Waals surface area contributed by atoms with Crippen molar-refractivity contribution in [3.8, 4) is 5.75 Å². The van der Waals surface area contributed by atoms with E-state index < -0.39 is 0 Å². The molecular formula is C23H36N4O3. The van der Waals surface area contributed by atoms with Crippen molar-refractivity contribution >= 4 is 5.91 Å². The lowest BCUT2D eigenvalue weighted by molar-refractivity contribution is -0.124. The molecule has 0 spiro atoms. The smallest absolute Gasteiger partial charge is 0.238 e. The number of methoxy groups -OCH3 is 1. The molecule has 1 saturated carbocycles. The highest BCUT2D eigenvalue weighted by molar-refractivity contribution is 5.82. The molecule has 1 aromatic rings. The summed E-state index contributed by atoms with van der Waals surface area (Å²) in [6.45, 7) is 3.99. The number of rotatable bonds is 7. The second kappa shape index (κ2) is 10.1. The van der Waals surface area contributed by atoms with Crippen LogP contribution in [-0.4, -0.2) is 67.4 Å². The molecule has 1 amide bonds. The monoisotopic (exact) mass is 416 g/mol. The number of piperidine rings is 1. The summed E-state index contributed by atoms with van der Waals surface area (Å²) in [5.41, 5.74) is 7.81. The summed E-state index contributed by atoms with van der Waals surface area (Å²) >= 11 is 0. The number of phenolic OH excluding ortho intramolecular Hbond substituents is 1. The number of hydrogen-bond acceptors (Lipinski definition) is 6. The normalized spacial score (nSPS) is 30.2. The van der Waals surface area contributed by atoms with Crippen molar-refractivity contribution in [1.29, 1.82) is 0 Å². The Bertz CT molecular complexity index is 690. The average molecular weight is 417 g/mol. The number of carbonyl (C=O) groups is 1. The predicted octanol–water partition coefficient (Wildman–Crippen LogP) is 1.42. The van der Waals surface area contributed by atoms with E-state index in [1.807, 2.05) is 12.1 Å². The SMILES string of the molecule is COC1CCC2NNC(C(=O)NCC3CCN(CCc4ccc(O)cc4)CC3)C2C1. The summed E-state index contributed by atoms with van der Waals surface area (Å²) in [4.78, 5) is 15.3. The average Bonchev–Trinajstić information content (AvgIpc) is 3.21. The third-order valence-electron chi connectivity index (χ3n) is 7.24. The van der Waals surface area contributed by atoms with Gasteiger partial charge in [-0.05, 0) is 75.2 Å². The van der Waals surface area contributed by atoms with E-state index in [0.717, 1.165) is 64.7 Å². The number of hydrogen-bond donors (Lipinski definition) is 4. The third kappa shape index (κ3) is 5.32. The summed E-state index contributed by atoms with van der Waals surface area (Å²) in [6, 6.07) is 7.72. The molecule has 0 aromatic heterocycles. The second-order valence-corrected chi connectivity index (χ2v) is 9.15. The van der Waals surface area contributed by atoms with Gasteiger partial charge in [0.2, 0.25) is 5.91 Å². The van der Waals surface area contributed by atoms with Gasteiger partial charge in [0.05, 0.1) is 6.10 Å². The van der Waals surface area contributed by atoms with Crippen LogP contribution >= 0.6 is 0 Å². The van der Waals surface area contributed by atoms with Gasteiger partial charge in [-0.25, -0.2) is 5.43 Å². The number of likely N-dealkylation sites (tertiary alicyclic amines) is 1. The number of ether oxygens (including phenoxy) is 1. The minimum absolute atomic E-state index is 0.126. The van der Waals surface area contributed by atoms with Crippen LogP contribution < -0.4 is 16.2 Å². The van der Waals surface area contributed by atoms with Gasteiger partial charge in [0.1, 0.15) is 11.8 Å². The first-order valence-corrected chi connectivity index (χ1v) is 11.4. The highest BCUT2D eigenvalue weighted by Gasteiger charge is 2.43. The van der Waals surface area contributed by atoms with Crippen LogP contribution in [0.25, 0.3) is 0 Å².